The van der Waals surface area contributed by atoms with E-state index in [0.29, 0.717) is 10.9 Å². The Kier molecular flexibility index (Phi) is 4.93. The van der Waals surface area contributed by atoms with Gasteiger partial charge in [0.25, 0.3) is 0 Å². The summed E-state index contributed by atoms with van der Waals surface area (Å²) in [6.45, 7) is 3.97. The quantitative estimate of drug-likeness (QED) is 0.573. The number of hydrogen-bond donors (Lipinski definition) is 0. The molecule has 4 heteroatoms. The Bertz CT molecular complexity index is 406. The highest BCUT2D eigenvalue weighted by atomic mass is 79.9. The minimum Gasteiger partial charge on any atom is -0.294 e. The fourth-order valence-corrected chi connectivity index (χ4v) is 1.78. The molecule has 0 saturated carbocycles. The monoisotopic (exact) mass is 306 g/mol. The maximum atomic E-state index is 13.7. The summed E-state index contributed by atoms with van der Waals surface area (Å²) in [5.74, 6) is -0.570. The molecule has 0 aliphatic carbocycles. The molecule has 0 amide bonds. The zero-order chi connectivity index (χ0) is 12.3. The van der Waals surface area contributed by atoms with Gasteiger partial charge in [0, 0.05) is 10.9 Å². The average Bonchev–Trinajstić information content (AvgIpc) is 2.25. The molecule has 0 spiro atoms. The number of hydrogen-bond acceptors (Lipinski definition) is 1. The fourth-order valence-electron chi connectivity index (χ4n) is 1.31. The van der Waals surface area contributed by atoms with Crippen LogP contribution in [0.25, 0.3) is 0 Å². The van der Waals surface area contributed by atoms with E-state index >= 15 is 0 Å². The summed E-state index contributed by atoms with van der Waals surface area (Å²) >= 11 is 8.83. The third kappa shape index (κ3) is 3.05. The van der Waals surface area contributed by atoms with Crippen molar-refractivity contribution >= 4 is 33.3 Å². The second-order valence-electron chi connectivity index (χ2n) is 3.86. The van der Waals surface area contributed by atoms with Gasteiger partial charge in [-0.05, 0) is 34.0 Å². The van der Waals surface area contributed by atoms with Gasteiger partial charge in [-0.1, -0.05) is 31.9 Å². The van der Waals surface area contributed by atoms with Crippen LogP contribution in [0.5, 0.6) is 0 Å². The zero-order valence-corrected chi connectivity index (χ0v) is 11.5. The van der Waals surface area contributed by atoms with Crippen LogP contribution >= 0.6 is 27.5 Å². The van der Waals surface area contributed by atoms with Crippen LogP contribution in [0.4, 0.5) is 4.39 Å². The third-order valence-electron chi connectivity index (χ3n) is 2.57. The van der Waals surface area contributed by atoms with Crippen LogP contribution in [0, 0.1) is 11.7 Å². The Labute approximate surface area is 108 Å². The normalized spacial score (nSPS) is 12.6. The SMILES string of the molecule is CCC(C)CC(=O)c1ccc(Br)c(Cl)c1F. The number of carbonyl (C=O) groups is 1. The van der Waals surface area contributed by atoms with Gasteiger partial charge in [0.05, 0.1) is 10.6 Å². The van der Waals surface area contributed by atoms with Crippen LogP contribution < -0.4 is 0 Å². The van der Waals surface area contributed by atoms with E-state index in [9.17, 15) is 9.18 Å². The molecule has 0 aliphatic rings. The molecule has 1 atom stereocenters. The first-order valence-electron chi connectivity index (χ1n) is 5.14. The fraction of sp³-hybridized carbons (Fsp3) is 0.417. The van der Waals surface area contributed by atoms with Crippen LogP contribution in [0.2, 0.25) is 5.02 Å². The molecule has 1 aromatic rings. The van der Waals surface area contributed by atoms with Crippen molar-refractivity contribution in [3.05, 3.63) is 33.0 Å². The van der Waals surface area contributed by atoms with Gasteiger partial charge in [0.2, 0.25) is 0 Å². The van der Waals surface area contributed by atoms with Gasteiger partial charge in [-0.15, -0.1) is 0 Å². The molecule has 1 aromatic carbocycles. The largest absolute Gasteiger partial charge is 0.294 e. The van der Waals surface area contributed by atoms with Crippen LogP contribution in [0.15, 0.2) is 16.6 Å². The molecule has 0 bridgehead atoms. The van der Waals surface area contributed by atoms with Crippen LogP contribution in [-0.2, 0) is 0 Å². The number of rotatable bonds is 4. The Morgan fingerprint density at radius 1 is 1.56 bits per heavy atom. The lowest BCUT2D eigenvalue weighted by molar-refractivity contribution is 0.0959. The first-order valence-corrected chi connectivity index (χ1v) is 6.31. The van der Waals surface area contributed by atoms with Gasteiger partial charge in [-0.25, -0.2) is 4.39 Å². The Balaban J connectivity index is 2.97. The number of ketones is 1. The Morgan fingerprint density at radius 2 is 2.19 bits per heavy atom. The van der Waals surface area contributed by atoms with Crippen molar-refractivity contribution in [1.29, 1.82) is 0 Å². The first kappa shape index (κ1) is 13.7. The van der Waals surface area contributed by atoms with Crippen molar-refractivity contribution < 1.29 is 9.18 Å². The number of carbonyl (C=O) groups excluding carboxylic acids is 1. The second-order valence-corrected chi connectivity index (χ2v) is 5.10. The van der Waals surface area contributed by atoms with Crippen LogP contribution in [0.3, 0.4) is 0 Å². The molecule has 0 radical (unpaired) electrons. The Morgan fingerprint density at radius 3 is 2.75 bits per heavy atom. The zero-order valence-electron chi connectivity index (χ0n) is 9.19. The van der Waals surface area contributed by atoms with Crippen LogP contribution in [-0.4, -0.2) is 5.78 Å². The predicted molar refractivity (Wildman–Crippen MR) is 67.5 cm³/mol. The minimum atomic E-state index is -0.635. The smallest absolute Gasteiger partial charge is 0.166 e. The molecule has 0 heterocycles. The summed E-state index contributed by atoms with van der Waals surface area (Å²) in [7, 11) is 0. The summed E-state index contributed by atoms with van der Waals surface area (Å²) in [6, 6.07) is 3.06. The van der Waals surface area contributed by atoms with Gasteiger partial charge in [0.15, 0.2) is 11.6 Å². The molecular formula is C12H13BrClFO. The van der Waals surface area contributed by atoms with Crippen molar-refractivity contribution in [3.8, 4) is 0 Å². The Hall–Kier alpha value is -0.410. The summed E-state index contributed by atoms with van der Waals surface area (Å²) < 4.78 is 14.1. The van der Waals surface area contributed by atoms with E-state index in [2.05, 4.69) is 15.9 Å². The molecule has 88 valence electrons. The van der Waals surface area contributed by atoms with Gasteiger partial charge < -0.3 is 0 Å². The second kappa shape index (κ2) is 5.78. The van der Waals surface area contributed by atoms with E-state index in [1.54, 1.807) is 6.07 Å². The number of Topliss-reactive ketones (excluding diaryl/α,β-unsaturated/α-hetero) is 1. The number of benzene rings is 1. The molecule has 0 aliphatic heterocycles. The highest BCUT2D eigenvalue weighted by Crippen LogP contribution is 2.28. The predicted octanol–water partition coefficient (Wildman–Crippen LogP) is 4.86. The molecule has 1 nitrogen and oxygen atoms in total. The topological polar surface area (TPSA) is 17.1 Å². The number of halogens is 3. The van der Waals surface area contributed by atoms with Gasteiger partial charge in [-0.3, -0.25) is 4.79 Å². The lowest BCUT2D eigenvalue weighted by Crippen LogP contribution is -2.07. The average molecular weight is 308 g/mol. The molecule has 0 saturated heterocycles. The van der Waals surface area contributed by atoms with Gasteiger partial charge >= 0.3 is 0 Å². The minimum absolute atomic E-state index is 0.0324. The first-order chi connectivity index (χ1) is 7.47. The van der Waals surface area contributed by atoms with Gasteiger partial charge in [0.1, 0.15) is 0 Å². The summed E-state index contributed by atoms with van der Waals surface area (Å²) in [4.78, 5) is 11.8. The lowest BCUT2D eigenvalue weighted by Gasteiger charge is -2.09. The summed E-state index contributed by atoms with van der Waals surface area (Å²) in [6.07, 6.45) is 1.25. The van der Waals surface area contributed by atoms with Crippen molar-refractivity contribution in [1.82, 2.24) is 0 Å². The van der Waals surface area contributed by atoms with Crippen LogP contribution in [0.1, 0.15) is 37.0 Å². The van der Waals surface area contributed by atoms with Crippen molar-refractivity contribution in [2.45, 2.75) is 26.7 Å². The molecule has 1 unspecified atom stereocenters. The van der Waals surface area contributed by atoms with E-state index in [1.807, 2.05) is 13.8 Å². The summed E-state index contributed by atoms with van der Waals surface area (Å²) in [5.41, 5.74) is 0.0773. The molecule has 16 heavy (non-hydrogen) atoms. The van der Waals surface area contributed by atoms with Crippen molar-refractivity contribution in [3.63, 3.8) is 0 Å². The molecule has 0 fully saturated rings. The maximum absolute atomic E-state index is 13.7. The molecular weight excluding hydrogens is 294 g/mol. The summed E-state index contributed by atoms with van der Waals surface area (Å²) in [5, 5.41) is -0.0324. The van der Waals surface area contributed by atoms with E-state index < -0.39 is 5.82 Å². The van der Waals surface area contributed by atoms with E-state index in [0.717, 1.165) is 6.42 Å². The molecule has 0 N–H and O–H groups in total. The van der Waals surface area contributed by atoms with E-state index in [1.165, 1.54) is 6.07 Å². The maximum Gasteiger partial charge on any atom is 0.166 e. The van der Waals surface area contributed by atoms with E-state index in [-0.39, 0.29) is 22.3 Å². The molecule has 1 rings (SSSR count). The van der Waals surface area contributed by atoms with Crippen molar-refractivity contribution in [2.75, 3.05) is 0 Å². The standard InChI is InChI=1S/C12H13BrClFO/c1-3-7(2)6-10(16)8-4-5-9(13)11(14)12(8)15/h4-5,7H,3,6H2,1-2H3. The highest BCUT2D eigenvalue weighted by Gasteiger charge is 2.17. The molecule has 0 aromatic heterocycles. The highest BCUT2D eigenvalue weighted by molar-refractivity contribution is 9.10. The van der Waals surface area contributed by atoms with Gasteiger partial charge in [-0.2, -0.15) is 0 Å². The van der Waals surface area contributed by atoms with Crippen molar-refractivity contribution in [2.24, 2.45) is 5.92 Å². The third-order valence-corrected chi connectivity index (χ3v) is 3.82. The lowest BCUT2D eigenvalue weighted by atomic mass is 9.97. The van der Waals surface area contributed by atoms with E-state index in [4.69, 9.17) is 11.6 Å².